The van der Waals surface area contributed by atoms with Crippen molar-refractivity contribution in [3.05, 3.63) is 46.2 Å². The van der Waals surface area contributed by atoms with Gasteiger partial charge in [-0.2, -0.15) is 0 Å². The van der Waals surface area contributed by atoms with E-state index < -0.39 is 11.7 Å². The predicted octanol–water partition coefficient (Wildman–Crippen LogP) is 4.69. The number of thiazole rings is 1. The quantitative estimate of drug-likeness (QED) is 0.867. The number of carbonyl (C=O) groups is 1. The second kappa shape index (κ2) is 6.04. The third-order valence-corrected chi connectivity index (χ3v) is 5.54. The molecule has 1 heterocycles. The van der Waals surface area contributed by atoms with Gasteiger partial charge in [-0.1, -0.05) is 32.9 Å². The van der Waals surface area contributed by atoms with Gasteiger partial charge < -0.3 is 0 Å². The van der Waals surface area contributed by atoms with Crippen LogP contribution in [0.15, 0.2) is 24.3 Å². The Labute approximate surface area is 140 Å². The lowest BCUT2D eigenvalue weighted by molar-refractivity contribution is 0.102. The first-order valence-corrected chi connectivity index (χ1v) is 8.70. The number of hydrogen-bond acceptors (Lipinski definition) is 3. The summed E-state index contributed by atoms with van der Waals surface area (Å²) in [4.78, 5) is 18.0. The molecular formula is C18H21FN2OS. The Balaban J connectivity index is 1.76. The van der Waals surface area contributed by atoms with Gasteiger partial charge in [-0.05, 0) is 42.7 Å². The fraction of sp³-hybridized carbons (Fsp3) is 0.444. The fourth-order valence-corrected chi connectivity index (χ4v) is 4.06. The molecule has 0 unspecified atom stereocenters. The van der Waals surface area contributed by atoms with Crippen molar-refractivity contribution in [3.63, 3.8) is 0 Å². The maximum absolute atomic E-state index is 13.7. The van der Waals surface area contributed by atoms with Crippen molar-refractivity contribution in [2.24, 2.45) is 11.3 Å². The molecular weight excluding hydrogens is 311 g/mol. The Morgan fingerprint density at radius 2 is 2.09 bits per heavy atom. The minimum absolute atomic E-state index is 0.0493. The molecule has 1 aromatic carbocycles. The van der Waals surface area contributed by atoms with Crippen LogP contribution in [-0.2, 0) is 12.8 Å². The number of aromatic nitrogens is 1. The van der Waals surface area contributed by atoms with Crippen molar-refractivity contribution in [2.75, 3.05) is 5.32 Å². The third kappa shape index (κ3) is 3.44. The normalized spacial score (nSPS) is 17.7. The Morgan fingerprint density at radius 3 is 2.78 bits per heavy atom. The van der Waals surface area contributed by atoms with Gasteiger partial charge in [0, 0.05) is 4.88 Å². The van der Waals surface area contributed by atoms with E-state index in [0.717, 1.165) is 25.0 Å². The molecule has 0 saturated carbocycles. The molecule has 5 heteroatoms. The second-order valence-corrected chi connectivity index (χ2v) is 8.21. The van der Waals surface area contributed by atoms with E-state index in [1.807, 2.05) is 0 Å². The van der Waals surface area contributed by atoms with E-state index in [2.05, 4.69) is 31.1 Å². The van der Waals surface area contributed by atoms with E-state index in [0.29, 0.717) is 11.0 Å². The summed E-state index contributed by atoms with van der Waals surface area (Å²) < 4.78 is 13.7. The first-order chi connectivity index (χ1) is 10.8. The van der Waals surface area contributed by atoms with E-state index in [9.17, 15) is 9.18 Å². The average Bonchev–Trinajstić information content (AvgIpc) is 2.87. The maximum Gasteiger partial charge on any atom is 0.260 e. The van der Waals surface area contributed by atoms with Gasteiger partial charge in [0.15, 0.2) is 5.13 Å². The van der Waals surface area contributed by atoms with Crippen LogP contribution in [-0.4, -0.2) is 10.9 Å². The lowest BCUT2D eigenvalue weighted by Crippen LogP contribution is -2.26. The Morgan fingerprint density at radius 1 is 1.35 bits per heavy atom. The molecule has 1 aliphatic rings. The number of rotatable bonds is 2. The van der Waals surface area contributed by atoms with E-state index >= 15 is 0 Å². The molecule has 0 bridgehead atoms. The number of carbonyl (C=O) groups excluding carboxylic acids is 1. The summed E-state index contributed by atoms with van der Waals surface area (Å²) in [6.07, 6.45) is 3.08. The first-order valence-electron chi connectivity index (χ1n) is 7.89. The molecule has 0 saturated heterocycles. The van der Waals surface area contributed by atoms with Crippen LogP contribution in [0.1, 0.15) is 48.1 Å². The van der Waals surface area contributed by atoms with Crippen LogP contribution >= 0.6 is 11.3 Å². The number of amides is 1. The van der Waals surface area contributed by atoms with Gasteiger partial charge in [0.25, 0.3) is 5.91 Å². The van der Waals surface area contributed by atoms with Crippen molar-refractivity contribution >= 4 is 22.4 Å². The molecule has 3 nitrogen and oxygen atoms in total. The summed E-state index contributed by atoms with van der Waals surface area (Å²) in [6.45, 7) is 6.81. The molecule has 122 valence electrons. The zero-order valence-electron chi connectivity index (χ0n) is 13.6. The van der Waals surface area contributed by atoms with Gasteiger partial charge >= 0.3 is 0 Å². The molecule has 3 rings (SSSR count). The van der Waals surface area contributed by atoms with Crippen LogP contribution < -0.4 is 5.32 Å². The lowest BCUT2D eigenvalue weighted by Gasteiger charge is -2.33. The first kappa shape index (κ1) is 16.1. The zero-order valence-corrected chi connectivity index (χ0v) is 14.5. The molecule has 1 N–H and O–H groups in total. The monoisotopic (exact) mass is 332 g/mol. The van der Waals surface area contributed by atoms with E-state index in [1.54, 1.807) is 12.1 Å². The molecule has 1 amide bonds. The number of halogens is 1. The van der Waals surface area contributed by atoms with Crippen LogP contribution in [0, 0.1) is 17.2 Å². The largest absolute Gasteiger partial charge is 0.298 e. The highest BCUT2D eigenvalue weighted by molar-refractivity contribution is 7.15. The van der Waals surface area contributed by atoms with Crippen LogP contribution in [0.5, 0.6) is 0 Å². The van der Waals surface area contributed by atoms with Crippen LogP contribution in [0.3, 0.4) is 0 Å². The highest BCUT2D eigenvalue weighted by Gasteiger charge is 2.30. The number of benzene rings is 1. The van der Waals surface area contributed by atoms with Crippen molar-refractivity contribution in [1.82, 2.24) is 4.98 Å². The summed E-state index contributed by atoms with van der Waals surface area (Å²) in [5.74, 6) is -0.328. The van der Waals surface area contributed by atoms with E-state index in [-0.39, 0.29) is 11.0 Å². The summed E-state index contributed by atoms with van der Waals surface area (Å²) in [5, 5.41) is 3.31. The van der Waals surface area contributed by atoms with Gasteiger partial charge in [-0.15, -0.1) is 11.3 Å². The van der Waals surface area contributed by atoms with E-state index in [4.69, 9.17) is 0 Å². The average molecular weight is 332 g/mol. The number of fused-ring (bicyclic) bond motifs is 1. The van der Waals surface area contributed by atoms with Gasteiger partial charge in [-0.25, -0.2) is 9.37 Å². The van der Waals surface area contributed by atoms with Gasteiger partial charge in [0.05, 0.1) is 11.3 Å². The molecule has 0 spiro atoms. The zero-order chi connectivity index (χ0) is 16.6. The van der Waals surface area contributed by atoms with Crippen molar-refractivity contribution in [1.29, 1.82) is 0 Å². The summed E-state index contributed by atoms with van der Waals surface area (Å²) in [5.41, 5.74) is 1.41. The van der Waals surface area contributed by atoms with Crippen molar-refractivity contribution in [3.8, 4) is 0 Å². The van der Waals surface area contributed by atoms with Crippen molar-refractivity contribution in [2.45, 2.75) is 40.0 Å². The molecule has 1 aliphatic carbocycles. The number of aryl methyl sites for hydroxylation is 1. The Hall–Kier alpha value is -1.75. The summed E-state index contributed by atoms with van der Waals surface area (Å²) >= 11 is 1.52. The number of nitrogens with zero attached hydrogens (tertiary/aromatic N) is 1. The number of nitrogens with one attached hydrogen (secondary N) is 1. The van der Waals surface area contributed by atoms with Gasteiger partial charge in [0.1, 0.15) is 5.82 Å². The smallest absolute Gasteiger partial charge is 0.260 e. The lowest BCUT2D eigenvalue weighted by atomic mass is 9.73. The molecule has 0 fully saturated rings. The molecule has 23 heavy (non-hydrogen) atoms. The highest BCUT2D eigenvalue weighted by Crippen LogP contribution is 2.40. The minimum atomic E-state index is -0.515. The van der Waals surface area contributed by atoms with E-state index in [1.165, 1.54) is 28.3 Å². The van der Waals surface area contributed by atoms with Crippen LogP contribution in [0.4, 0.5) is 9.52 Å². The van der Waals surface area contributed by atoms with Crippen molar-refractivity contribution < 1.29 is 9.18 Å². The molecule has 0 radical (unpaired) electrons. The minimum Gasteiger partial charge on any atom is -0.298 e. The number of anilines is 1. The summed E-state index contributed by atoms with van der Waals surface area (Å²) in [6, 6.07) is 5.99. The van der Waals surface area contributed by atoms with Gasteiger partial charge in [0.2, 0.25) is 0 Å². The maximum atomic E-state index is 13.7. The second-order valence-electron chi connectivity index (χ2n) is 7.13. The molecule has 0 aliphatic heterocycles. The Kier molecular flexibility index (Phi) is 4.23. The fourth-order valence-electron chi connectivity index (χ4n) is 2.98. The highest BCUT2D eigenvalue weighted by atomic mass is 32.1. The summed E-state index contributed by atoms with van der Waals surface area (Å²) in [7, 11) is 0. The van der Waals surface area contributed by atoms with Gasteiger partial charge in [-0.3, -0.25) is 10.1 Å². The SMILES string of the molecule is CC(C)(C)[C@@H]1CCc2nc(NC(=O)c3ccccc3F)sc2C1. The topological polar surface area (TPSA) is 42.0 Å². The van der Waals surface area contributed by atoms with Crippen LogP contribution in [0.25, 0.3) is 0 Å². The predicted molar refractivity (Wildman–Crippen MR) is 91.4 cm³/mol. The third-order valence-electron chi connectivity index (χ3n) is 4.50. The molecule has 2 aromatic rings. The molecule has 1 aromatic heterocycles. The molecule has 1 atom stereocenters. The number of hydrogen-bond donors (Lipinski definition) is 1. The standard InChI is InChI=1S/C18H21FN2OS/c1-18(2,3)11-8-9-14-15(10-11)23-17(20-14)21-16(22)12-6-4-5-7-13(12)19/h4-7,11H,8-10H2,1-3H3,(H,20,21,22)/t11-/m1/s1. The Bertz CT molecular complexity index is 733. The van der Waals surface area contributed by atoms with Crippen LogP contribution in [0.2, 0.25) is 0 Å².